The third kappa shape index (κ3) is 1.84. The van der Waals surface area contributed by atoms with Gasteiger partial charge in [-0.1, -0.05) is 0 Å². The van der Waals surface area contributed by atoms with Gasteiger partial charge in [0.1, 0.15) is 5.92 Å². The van der Waals surface area contributed by atoms with E-state index in [2.05, 4.69) is 0 Å². The highest BCUT2D eigenvalue weighted by molar-refractivity contribution is 5.72. The van der Waals surface area contributed by atoms with E-state index in [-0.39, 0.29) is 0 Å². The number of hydrogen-bond acceptors (Lipinski definition) is 2. The van der Waals surface area contributed by atoms with Crippen LogP contribution in [0.15, 0.2) is 0 Å². The molecule has 1 unspecified atom stereocenters. The molecule has 1 N–H and O–H groups in total. The summed E-state index contributed by atoms with van der Waals surface area (Å²) in [6.07, 6.45) is 7.22. The van der Waals surface area contributed by atoms with Crippen LogP contribution in [0, 0.1) is 46.8 Å². The molecule has 3 heteroatoms. The van der Waals surface area contributed by atoms with Gasteiger partial charge in [0.25, 0.3) is 0 Å². The van der Waals surface area contributed by atoms with E-state index in [1.165, 1.54) is 32.1 Å². The summed E-state index contributed by atoms with van der Waals surface area (Å²) in [5, 5.41) is 17.9. The summed E-state index contributed by atoms with van der Waals surface area (Å²) >= 11 is 0. The van der Waals surface area contributed by atoms with Gasteiger partial charge in [-0.15, -0.1) is 0 Å². The summed E-state index contributed by atoms with van der Waals surface area (Å²) in [6.45, 7) is 0. The predicted molar refractivity (Wildman–Crippen MR) is 61.9 cm³/mol. The van der Waals surface area contributed by atoms with Crippen LogP contribution < -0.4 is 0 Å². The van der Waals surface area contributed by atoms with Gasteiger partial charge in [-0.25, -0.2) is 0 Å². The SMILES string of the molecule is N#CC(CC1C2CC3CC(C2)CC1C3)C(=O)O. The minimum atomic E-state index is -0.929. The fourth-order valence-electron chi connectivity index (χ4n) is 4.90. The number of carbonyl (C=O) groups is 1. The Kier molecular flexibility index (Phi) is 2.61. The van der Waals surface area contributed by atoms with Crippen LogP contribution in [0.25, 0.3) is 0 Å². The van der Waals surface area contributed by atoms with Gasteiger partial charge in [-0.05, 0) is 68.1 Å². The van der Waals surface area contributed by atoms with E-state index in [9.17, 15) is 4.79 Å². The Hall–Kier alpha value is -1.04. The largest absolute Gasteiger partial charge is 0.480 e. The minimum absolute atomic E-state index is 0.517. The topological polar surface area (TPSA) is 61.1 Å². The van der Waals surface area contributed by atoms with Crippen LogP contribution in [0.3, 0.4) is 0 Å². The molecule has 17 heavy (non-hydrogen) atoms. The first kappa shape index (κ1) is 11.1. The maximum absolute atomic E-state index is 11.0. The van der Waals surface area contributed by atoms with E-state index in [1.807, 2.05) is 6.07 Å². The summed E-state index contributed by atoms with van der Waals surface area (Å²) < 4.78 is 0. The Balaban J connectivity index is 1.72. The lowest BCUT2D eigenvalue weighted by atomic mass is 9.51. The highest BCUT2D eigenvalue weighted by Crippen LogP contribution is 2.57. The van der Waals surface area contributed by atoms with Gasteiger partial charge in [-0.3, -0.25) is 4.79 Å². The first-order chi connectivity index (χ1) is 8.17. The molecule has 0 aromatic rings. The Labute approximate surface area is 102 Å². The monoisotopic (exact) mass is 233 g/mol. The van der Waals surface area contributed by atoms with Gasteiger partial charge in [-0.2, -0.15) is 5.26 Å². The molecule has 4 rings (SSSR count). The standard InChI is InChI=1S/C14H19NO2/c15-7-12(14(16)17)6-13-10-2-8-1-9(4-10)5-11(13)3-8/h8-13H,1-6H2,(H,16,17). The zero-order valence-electron chi connectivity index (χ0n) is 10.0. The zero-order valence-corrected chi connectivity index (χ0v) is 10.0. The van der Waals surface area contributed by atoms with Gasteiger partial charge < -0.3 is 5.11 Å². The summed E-state index contributed by atoms with van der Waals surface area (Å²) in [5.41, 5.74) is 0. The molecule has 0 aromatic carbocycles. The highest BCUT2D eigenvalue weighted by atomic mass is 16.4. The number of aliphatic carboxylic acids is 1. The van der Waals surface area contributed by atoms with Gasteiger partial charge in [0, 0.05) is 0 Å². The molecule has 92 valence electrons. The second-order valence-electron chi connectivity index (χ2n) is 6.35. The van der Waals surface area contributed by atoms with Crippen molar-refractivity contribution >= 4 is 5.97 Å². The summed E-state index contributed by atoms with van der Waals surface area (Å²) in [7, 11) is 0. The molecule has 0 spiro atoms. The van der Waals surface area contributed by atoms with Gasteiger partial charge in [0.2, 0.25) is 0 Å². The number of rotatable bonds is 3. The molecule has 4 saturated carbocycles. The summed E-state index contributed by atoms with van der Waals surface area (Å²) in [6, 6.07) is 1.96. The molecule has 1 atom stereocenters. The van der Waals surface area contributed by atoms with Crippen LogP contribution in [0.4, 0.5) is 0 Å². The van der Waals surface area contributed by atoms with E-state index in [0.717, 1.165) is 23.7 Å². The lowest BCUT2D eigenvalue weighted by molar-refractivity contribution is -0.141. The van der Waals surface area contributed by atoms with Crippen LogP contribution in [0.2, 0.25) is 0 Å². The summed E-state index contributed by atoms with van der Waals surface area (Å²) in [4.78, 5) is 11.0. The van der Waals surface area contributed by atoms with Gasteiger partial charge in [0.15, 0.2) is 0 Å². The minimum Gasteiger partial charge on any atom is -0.480 e. The van der Waals surface area contributed by atoms with E-state index in [4.69, 9.17) is 10.4 Å². The van der Waals surface area contributed by atoms with Crippen molar-refractivity contribution in [3.8, 4) is 6.07 Å². The van der Waals surface area contributed by atoms with Crippen molar-refractivity contribution in [2.45, 2.75) is 38.5 Å². The first-order valence-corrected chi connectivity index (χ1v) is 6.79. The fraction of sp³-hybridized carbons (Fsp3) is 0.857. The lowest BCUT2D eigenvalue weighted by Crippen LogP contribution is -2.45. The lowest BCUT2D eigenvalue weighted by Gasteiger charge is -2.54. The molecule has 4 bridgehead atoms. The molecule has 0 saturated heterocycles. The Morgan fingerprint density at radius 1 is 1.18 bits per heavy atom. The maximum Gasteiger partial charge on any atom is 0.320 e. The maximum atomic E-state index is 11.0. The molecule has 0 amide bonds. The quantitative estimate of drug-likeness (QED) is 0.815. The third-order valence-corrected chi connectivity index (χ3v) is 5.38. The number of hydrogen-bond donors (Lipinski definition) is 1. The van der Waals surface area contributed by atoms with Crippen molar-refractivity contribution in [2.24, 2.45) is 35.5 Å². The van der Waals surface area contributed by atoms with Crippen molar-refractivity contribution in [3.05, 3.63) is 0 Å². The van der Waals surface area contributed by atoms with E-state index < -0.39 is 11.9 Å². The van der Waals surface area contributed by atoms with Crippen LogP contribution in [0.5, 0.6) is 0 Å². The number of carboxylic acid groups (broad SMARTS) is 1. The highest BCUT2D eigenvalue weighted by Gasteiger charge is 2.48. The van der Waals surface area contributed by atoms with Crippen LogP contribution in [-0.2, 0) is 4.79 Å². The molecular formula is C14H19NO2. The van der Waals surface area contributed by atoms with E-state index >= 15 is 0 Å². The first-order valence-electron chi connectivity index (χ1n) is 6.79. The number of carboxylic acids is 1. The Morgan fingerprint density at radius 3 is 2.12 bits per heavy atom. The van der Waals surface area contributed by atoms with Crippen LogP contribution in [0.1, 0.15) is 38.5 Å². The van der Waals surface area contributed by atoms with Crippen LogP contribution in [-0.4, -0.2) is 11.1 Å². The predicted octanol–water partition coefficient (Wildman–Crippen LogP) is 2.67. The van der Waals surface area contributed by atoms with Crippen molar-refractivity contribution in [3.63, 3.8) is 0 Å². The normalized spacial score (nSPS) is 44.3. The van der Waals surface area contributed by atoms with Crippen molar-refractivity contribution < 1.29 is 9.90 Å². The molecule has 4 aliphatic carbocycles. The average Bonchev–Trinajstić information content (AvgIpc) is 2.27. The molecule has 0 aliphatic heterocycles. The Bertz CT molecular complexity index is 343. The van der Waals surface area contributed by atoms with Crippen LogP contribution >= 0.6 is 0 Å². The zero-order chi connectivity index (χ0) is 12.0. The van der Waals surface area contributed by atoms with Crippen molar-refractivity contribution in [1.29, 1.82) is 5.26 Å². The molecule has 3 nitrogen and oxygen atoms in total. The second kappa shape index (κ2) is 4.01. The number of nitriles is 1. The molecular weight excluding hydrogens is 214 g/mol. The number of nitrogens with zero attached hydrogens (tertiary/aromatic N) is 1. The molecule has 0 heterocycles. The van der Waals surface area contributed by atoms with Crippen molar-refractivity contribution in [2.75, 3.05) is 0 Å². The van der Waals surface area contributed by atoms with Gasteiger partial charge in [0.05, 0.1) is 6.07 Å². The van der Waals surface area contributed by atoms with E-state index in [0.29, 0.717) is 12.3 Å². The van der Waals surface area contributed by atoms with Crippen molar-refractivity contribution in [1.82, 2.24) is 0 Å². The molecule has 4 aliphatic rings. The summed E-state index contributed by atoms with van der Waals surface area (Å²) in [5.74, 6) is 2.09. The molecule has 4 fully saturated rings. The van der Waals surface area contributed by atoms with E-state index in [1.54, 1.807) is 0 Å². The second-order valence-corrected chi connectivity index (χ2v) is 6.35. The molecule has 0 radical (unpaired) electrons. The average molecular weight is 233 g/mol. The fourth-order valence-corrected chi connectivity index (χ4v) is 4.90. The third-order valence-electron chi connectivity index (χ3n) is 5.38. The molecule has 0 aromatic heterocycles. The Morgan fingerprint density at radius 2 is 1.71 bits per heavy atom. The smallest absolute Gasteiger partial charge is 0.320 e. The van der Waals surface area contributed by atoms with Gasteiger partial charge >= 0.3 is 5.97 Å².